The van der Waals surface area contributed by atoms with E-state index in [2.05, 4.69) is 32.8 Å². The fraction of sp³-hybridized carbons (Fsp3) is 0.300. The lowest BCUT2D eigenvalue weighted by atomic mass is 10.2. The maximum Gasteiger partial charge on any atom is 0.291 e. The first-order chi connectivity index (χ1) is 7.43. The number of pyridine rings is 1. The molecule has 0 aliphatic heterocycles. The molecule has 1 aromatic heterocycles. The topological polar surface area (TPSA) is 68.1 Å². The second kappa shape index (κ2) is 5.07. The van der Waals surface area contributed by atoms with E-state index in [1.807, 2.05) is 6.92 Å². The molecule has 86 valence electrons. The summed E-state index contributed by atoms with van der Waals surface area (Å²) in [7, 11) is 0. The van der Waals surface area contributed by atoms with Gasteiger partial charge in [0.1, 0.15) is 12.0 Å². The number of anilines is 1. The van der Waals surface area contributed by atoms with Crippen LogP contribution in [-0.4, -0.2) is 16.5 Å². The Balaban J connectivity index is 3.02. The van der Waals surface area contributed by atoms with E-state index in [0.717, 1.165) is 5.57 Å². The van der Waals surface area contributed by atoms with Gasteiger partial charge in [0.05, 0.1) is 9.40 Å². The third kappa shape index (κ3) is 2.79. The molecule has 0 atom stereocenters. The number of aromatic nitrogens is 1. The second-order valence-electron chi connectivity index (χ2n) is 3.50. The van der Waals surface area contributed by atoms with Crippen molar-refractivity contribution in [3.63, 3.8) is 0 Å². The van der Waals surface area contributed by atoms with Crippen molar-refractivity contribution in [1.29, 1.82) is 0 Å². The molecule has 0 amide bonds. The Morgan fingerprint density at radius 1 is 1.75 bits per heavy atom. The van der Waals surface area contributed by atoms with Gasteiger partial charge in [0, 0.05) is 12.1 Å². The molecule has 0 saturated carbocycles. The SMILES string of the molecule is C=C(C)CNc1ncc([N+](=O)[O-])c(C)c1Br. The Hall–Kier alpha value is -1.43. The average Bonchev–Trinajstić information content (AvgIpc) is 2.19. The summed E-state index contributed by atoms with van der Waals surface area (Å²) in [6, 6.07) is 0. The summed E-state index contributed by atoms with van der Waals surface area (Å²) in [5.41, 5.74) is 1.53. The van der Waals surface area contributed by atoms with Gasteiger partial charge in [-0.25, -0.2) is 4.98 Å². The first-order valence-corrected chi connectivity index (χ1v) is 5.40. The summed E-state index contributed by atoms with van der Waals surface area (Å²) >= 11 is 3.29. The van der Waals surface area contributed by atoms with Crippen molar-refractivity contribution in [1.82, 2.24) is 4.98 Å². The fourth-order valence-corrected chi connectivity index (χ4v) is 1.56. The summed E-state index contributed by atoms with van der Waals surface area (Å²) in [6.45, 7) is 7.90. The van der Waals surface area contributed by atoms with Crippen LogP contribution in [0.2, 0.25) is 0 Å². The van der Waals surface area contributed by atoms with Crippen LogP contribution >= 0.6 is 15.9 Å². The Labute approximate surface area is 102 Å². The Kier molecular flexibility index (Phi) is 4.00. The highest BCUT2D eigenvalue weighted by Gasteiger charge is 2.16. The van der Waals surface area contributed by atoms with Crippen molar-refractivity contribution < 1.29 is 4.92 Å². The third-order valence-corrected chi connectivity index (χ3v) is 2.96. The van der Waals surface area contributed by atoms with Crippen LogP contribution in [0.1, 0.15) is 12.5 Å². The summed E-state index contributed by atoms with van der Waals surface area (Å²) in [6.07, 6.45) is 1.25. The van der Waals surface area contributed by atoms with Crippen LogP contribution in [0, 0.1) is 17.0 Å². The third-order valence-electron chi connectivity index (χ3n) is 1.99. The van der Waals surface area contributed by atoms with Gasteiger partial charge < -0.3 is 5.32 Å². The highest BCUT2D eigenvalue weighted by molar-refractivity contribution is 9.10. The number of rotatable bonds is 4. The Morgan fingerprint density at radius 3 is 2.88 bits per heavy atom. The Bertz CT molecular complexity index is 446. The van der Waals surface area contributed by atoms with Gasteiger partial charge in [-0.1, -0.05) is 12.2 Å². The van der Waals surface area contributed by atoms with E-state index in [1.54, 1.807) is 6.92 Å². The van der Waals surface area contributed by atoms with E-state index in [1.165, 1.54) is 6.20 Å². The number of halogens is 1. The molecular weight excluding hydrogens is 274 g/mol. The van der Waals surface area contributed by atoms with E-state index in [-0.39, 0.29) is 5.69 Å². The van der Waals surface area contributed by atoms with Gasteiger partial charge in [0.25, 0.3) is 5.69 Å². The van der Waals surface area contributed by atoms with Crippen LogP contribution in [0.25, 0.3) is 0 Å². The molecule has 0 aliphatic rings. The van der Waals surface area contributed by atoms with Crippen LogP contribution < -0.4 is 5.32 Å². The van der Waals surface area contributed by atoms with Gasteiger partial charge in [0.15, 0.2) is 0 Å². The van der Waals surface area contributed by atoms with Gasteiger partial charge in [-0.3, -0.25) is 10.1 Å². The maximum atomic E-state index is 10.7. The van der Waals surface area contributed by atoms with Gasteiger partial charge >= 0.3 is 0 Å². The Morgan fingerprint density at radius 2 is 2.38 bits per heavy atom. The van der Waals surface area contributed by atoms with Gasteiger partial charge in [-0.05, 0) is 29.8 Å². The minimum Gasteiger partial charge on any atom is -0.365 e. The minimum absolute atomic E-state index is 0.00718. The molecule has 1 N–H and O–H groups in total. The van der Waals surface area contributed by atoms with Crippen LogP contribution in [0.15, 0.2) is 22.8 Å². The van der Waals surface area contributed by atoms with Crippen molar-refractivity contribution in [2.24, 2.45) is 0 Å². The molecule has 0 spiro atoms. The average molecular weight is 286 g/mol. The molecule has 0 aromatic carbocycles. The molecule has 6 heteroatoms. The monoisotopic (exact) mass is 285 g/mol. The number of hydrogen-bond donors (Lipinski definition) is 1. The quantitative estimate of drug-likeness (QED) is 0.524. The standard InChI is InChI=1S/C10H12BrN3O2/c1-6(2)4-12-10-9(11)7(3)8(5-13-10)14(15)16/h5H,1,4H2,2-3H3,(H,12,13). The zero-order valence-corrected chi connectivity index (χ0v) is 10.7. The number of hydrogen-bond acceptors (Lipinski definition) is 4. The highest BCUT2D eigenvalue weighted by Crippen LogP contribution is 2.30. The number of nitro groups is 1. The molecule has 1 heterocycles. The van der Waals surface area contributed by atoms with E-state index in [0.29, 0.717) is 22.4 Å². The van der Waals surface area contributed by atoms with E-state index in [9.17, 15) is 10.1 Å². The molecule has 0 radical (unpaired) electrons. The molecule has 0 bridgehead atoms. The van der Waals surface area contributed by atoms with Crippen molar-refractivity contribution in [2.75, 3.05) is 11.9 Å². The van der Waals surface area contributed by atoms with E-state index in [4.69, 9.17) is 0 Å². The molecule has 0 fully saturated rings. The maximum absolute atomic E-state index is 10.7. The lowest BCUT2D eigenvalue weighted by Crippen LogP contribution is -2.06. The summed E-state index contributed by atoms with van der Waals surface area (Å²) in [5, 5.41) is 13.7. The fourth-order valence-electron chi connectivity index (χ4n) is 1.11. The number of nitrogens with zero attached hydrogens (tertiary/aromatic N) is 2. The second-order valence-corrected chi connectivity index (χ2v) is 4.29. The summed E-state index contributed by atoms with van der Waals surface area (Å²) in [5.74, 6) is 0.589. The van der Waals surface area contributed by atoms with Gasteiger partial charge in [-0.15, -0.1) is 0 Å². The van der Waals surface area contributed by atoms with Crippen LogP contribution in [0.3, 0.4) is 0 Å². The van der Waals surface area contributed by atoms with Crippen molar-refractivity contribution in [3.8, 4) is 0 Å². The molecule has 5 nitrogen and oxygen atoms in total. The van der Waals surface area contributed by atoms with Crippen molar-refractivity contribution in [3.05, 3.63) is 38.5 Å². The normalized spacial score (nSPS) is 9.94. The predicted octanol–water partition coefficient (Wildman–Crippen LogP) is 3.05. The summed E-state index contributed by atoms with van der Waals surface area (Å²) < 4.78 is 0.614. The zero-order chi connectivity index (χ0) is 12.3. The largest absolute Gasteiger partial charge is 0.365 e. The predicted molar refractivity (Wildman–Crippen MR) is 66.6 cm³/mol. The van der Waals surface area contributed by atoms with Gasteiger partial charge in [-0.2, -0.15) is 0 Å². The van der Waals surface area contributed by atoms with Crippen LogP contribution in [0.5, 0.6) is 0 Å². The minimum atomic E-state index is -0.449. The first kappa shape index (κ1) is 12.6. The lowest BCUT2D eigenvalue weighted by Gasteiger charge is -2.09. The molecule has 16 heavy (non-hydrogen) atoms. The molecular formula is C10H12BrN3O2. The molecule has 1 rings (SSSR count). The highest BCUT2D eigenvalue weighted by atomic mass is 79.9. The molecule has 0 saturated heterocycles. The molecule has 1 aromatic rings. The molecule has 0 unspecified atom stereocenters. The zero-order valence-electron chi connectivity index (χ0n) is 9.08. The van der Waals surface area contributed by atoms with Crippen molar-refractivity contribution in [2.45, 2.75) is 13.8 Å². The van der Waals surface area contributed by atoms with Crippen LogP contribution in [0.4, 0.5) is 11.5 Å². The van der Waals surface area contributed by atoms with E-state index >= 15 is 0 Å². The van der Waals surface area contributed by atoms with Gasteiger partial charge in [0.2, 0.25) is 0 Å². The van der Waals surface area contributed by atoms with Crippen molar-refractivity contribution >= 4 is 27.4 Å². The summed E-state index contributed by atoms with van der Waals surface area (Å²) in [4.78, 5) is 14.2. The number of nitrogens with one attached hydrogen (secondary N) is 1. The smallest absolute Gasteiger partial charge is 0.291 e. The van der Waals surface area contributed by atoms with Crippen LogP contribution in [-0.2, 0) is 0 Å². The first-order valence-electron chi connectivity index (χ1n) is 4.61. The molecule has 0 aliphatic carbocycles. The lowest BCUT2D eigenvalue weighted by molar-refractivity contribution is -0.385. The van der Waals surface area contributed by atoms with E-state index < -0.39 is 4.92 Å².